The largest absolute Gasteiger partial charge is 0.416 e. The predicted molar refractivity (Wildman–Crippen MR) is 446 cm³/mol. The van der Waals surface area contributed by atoms with Gasteiger partial charge in [-0.1, -0.05) is 267 Å². The third-order valence-electron chi connectivity index (χ3n) is 18.0. The van der Waals surface area contributed by atoms with Crippen LogP contribution in [0.15, 0.2) is 182 Å². The van der Waals surface area contributed by atoms with Crippen LogP contribution in [0.5, 0.6) is 0 Å². The highest BCUT2D eigenvalue weighted by atomic mass is 28.3. The first kappa shape index (κ1) is 113. The Morgan fingerprint density at radius 2 is 0.463 bits per heavy atom. The van der Waals surface area contributed by atoms with Crippen molar-refractivity contribution >= 4 is 66.3 Å². The molecule has 0 aromatic heterocycles. The Hall–Kier alpha value is -8.04. The number of hydrogen-bond donors (Lipinski definition) is 0. The quantitative estimate of drug-likeness (QED) is 0.119. The summed E-state index contributed by atoms with van der Waals surface area (Å²) < 4.78 is 367. The van der Waals surface area contributed by atoms with E-state index < -0.39 is 169 Å². The van der Waals surface area contributed by atoms with Crippen LogP contribution in [-0.4, -0.2) is 40.4 Å². The van der Waals surface area contributed by atoms with Crippen molar-refractivity contribution < 1.29 is 132 Å². The molecule has 0 saturated carbocycles. The maximum Gasteiger partial charge on any atom is 0.416 e. The van der Waals surface area contributed by atoms with Gasteiger partial charge in [-0.3, -0.25) is 0 Å². The van der Waals surface area contributed by atoms with Crippen LogP contribution < -0.4 is 25.9 Å². The van der Waals surface area contributed by atoms with Crippen molar-refractivity contribution in [2.45, 2.75) is 222 Å². The first-order valence-corrected chi connectivity index (χ1v) is 54.8. The summed E-state index contributed by atoms with van der Waals surface area (Å²) in [5, 5.41) is 7.96. The standard InChI is InChI=1S/C13H24Si2.C10H5F9.3C10H16Si.3C9H6F6.C8H7F3/c1-11-12(14(2,3)4)9-8-10-13(11)15(5,6)7;1-4-6(9(14,15)16)2-5(8(11,12)13)3-7(4)10(17,18)19;1-9-5-7-10(8-6-9)11(2,3)4;1-9-6-5-7-10(8-9)11(2,3)4;1-9-7-5-6-8-10(9)11(2,3)4;1-5-2-6(8(10,11)12)4-7(3-5)9(13,14)15;1-5-2-3-6(8(10,11)12)4-7(5)9(13,14)15;1-5-6(8(10,11)12)3-2-4-7(5)9(13,14)15;1-6-2-4-7(5-3-6)8(9,10)11/h8-10H,1-7H3;2-3H,1H3;3*5-8H,1-4H3;3*2-4H,1H3;2-5H,1H3. The monoisotopic (exact) mass is 1870 g/mol. The maximum absolute atomic E-state index is 12.5. The predicted octanol–water partition coefficient (Wildman–Crippen LogP) is 30.9. The van der Waals surface area contributed by atoms with Gasteiger partial charge in [-0.15, -0.1) is 0 Å². The van der Waals surface area contributed by atoms with Crippen LogP contribution in [0.3, 0.4) is 0 Å². The summed E-state index contributed by atoms with van der Waals surface area (Å²) in [6.45, 7) is 50.2. The molecule has 0 aliphatic carbocycles. The van der Waals surface area contributed by atoms with E-state index in [0.29, 0.717) is 37.3 Å². The number of halogens is 30. The van der Waals surface area contributed by atoms with Crippen molar-refractivity contribution in [1.82, 2.24) is 0 Å². The molecule has 0 spiro atoms. The molecular formula is C88H102F30Si5. The Morgan fingerprint density at radius 1 is 0.171 bits per heavy atom. The first-order valence-electron chi connectivity index (χ1n) is 37.3. The molecule has 0 amide bonds. The summed E-state index contributed by atoms with van der Waals surface area (Å²) in [7, 11) is -5.53. The molecule has 0 fully saturated rings. The minimum absolute atomic E-state index is 0.0721. The Labute approximate surface area is 704 Å². The fraction of sp³-hybridized carbons (Fsp3) is 0.386. The fourth-order valence-electron chi connectivity index (χ4n) is 11.5. The Morgan fingerprint density at radius 3 is 0.764 bits per heavy atom. The van der Waals surface area contributed by atoms with E-state index >= 15 is 0 Å². The second-order valence-electron chi connectivity index (χ2n) is 33.9. The lowest BCUT2D eigenvalue weighted by Crippen LogP contribution is -2.48. The molecule has 0 saturated heterocycles. The third-order valence-corrected chi connectivity index (χ3v) is 28.6. The van der Waals surface area contributed by atoms with Gasteiger partial charge >= 0.3 is 61.8 Å². The summed E-state index contributed by atoms with van der Waals surface area (Å²) in [4.78, 5) is 0. The van der Waals surface area contributed by atoms with Gasteiger partial charge in [0.2, 0.25) is 0 Å². The molecule has 9 aromatic rings. The van der Waals surface area contributed by atoms with E-state index in [0.717, 1.165) is 43.7 Å². The number of rotatable bonds is 5. The first-order chi connectivity index (χ1) is 54.8. The zero-order valence-electron chi connectivity index (χ0n) is 72.2. The molecule has 0 heterocycles. The highest BCUT2D eigenvalue weighted by Gasteiger charge is 2.45. The molecule has 0 N–H and O–H groups in total. The van der Waals surface area contributed by atoms with E-state index in [1.165, 1.54) is 35.7 Å². The summed E-state index contributed by atoms with van der Waals surface area (Å²) in [6, 6.07) is 42.9. The van der Waals surface area contributed by atoms with Crippen LogP contribution in [0.25, 0.3) is 0 Å². The van der Waals surface area contributed by atoms with Gasteiger partial charge in [-0.05, 0) is 151 Å². The van der Waals surface area contributed by atoms with Crippen molar-refractivity contribution in [2.24, 2.45) is 0 Å². The third kappa shape index (κ3) is 38.8. The highest BCUT2D eigenvalue weighted by Crippen LogP contribution is 2.45. The Bertz CT molecular complexity index is 4520. The van der Waals surface area contributed by atoms with Crippen molar-refractivity contribution in [2.75, 3.05) is 0 Å². The van der Waals surface area contributed by atoms with Gasteiger partial charge in [0.05, 0.1) is 96.0 Å². The van der Waals surface area contributed by atoms with Crippen LogP contribution in [0, 0.1) is 62.3 Å². The molecule has 9 rings (SSSR count). The average molecular weight is 1870 g/mol. The smallest absolute Gasteiger partial charge is 0.166 e. The number of hydrogen-bond acceptors (Lipinski definition) is 0. The number of alkyl halides is 30. The fourth-order valence-corrected chi connectivity index (χ4v) is 19.6. The van der Waals surface area contributed by atoms with Gasteiger partial charge in [0, 0.05) is 0 Å². The highest BCUT2D eigenvalue weighted by molar-refractivity contribution is 6.92. The summed E-state index contributed by atoms with van der Waals surface area (Å²) in [6.07, 6.45) is -48.7. The van der Waals surface area contributed by atoms with Gasteiger partial charge in [-0.2, -0.15) is 132 Å². The van der Waals surface area contributed by atoms with E-state index in [9.17, 15) is 132 Å². The van der Waals surface area contributed by atoms with Crippen LogP contribution in [0.2, 0.25) is 98.2 Å². The number of benzene rings is 9. The molecule has 0 radical (unpaired) electrons. The normalized spacial score (nSPS) is 12.6. The minimum Gasteiger partial charge on any atom is -0.166 e. The van der Waals surface area contributed by atoms with Crippen molar-refractivity contribution in [1.29, 1.82) is 0 Å². The minimum atomic E-state index is -5.30. The van der Waals surface area contributed by atoms with Crippen molar-refractivity contribution in [3.63, 3.8) is 0 Å². The Balaban J connectivity index is 0.000000696. The summed E-state index contributed by atoms with van der Waals surface area (Å²) in [5.41, 5.74) is -9.88. The van der Waals surface area contributed by atoms with Crippen LogP contribution in [0.4, 0.5) is 132 Å². The molecule has 0 atom stereocenters. The molecule has 0 aliphatic heterocycles. The van der Waals surface area contributed by atoms with Gasteiger partial charge in [0.1, 0.15) is 0 Å². The van der Waals surface area contributed by atoms with Gasteiger partial charge in [0.25, 0.3) is 0 Å². The lowest BCUT2D eigenvalue weighted by molar-refractivity contribution is -0.150. The molecule has 0 nitrogen and oxygen atoms in total. The van der Waals surface area contributed by atoms with E-state index in [4.69, 9.17) is 0 Å². The number of aryl methyl sites for hydroxylation is 6. The van der Waals surface area contributed by atoms with Gasteiger partial charge in [0.15, 0.2) is 0 Å². The molecule has 9 aromatic carbocycles. The zero-order valence-corrected chi connectivity index (χ0v) is 77.2. The molecule has 684 valence electrons. The van der Waals surface area contributed by atoms with Crippen LogP contribution >= 0.6 is 0 Å². The van der Waals surface area contributed by atoms with Crippen LogP contribution in [-0.2, 0) is 61.8 Å². The molecule has 0 bridgehead atoms. The average Bonchev–Trinajstić information content (AvgIpc) is 0.768. The zero-order chi connectivity index (χ0) is 96.6. The van der Waals surface area contributed by atoms with Crippen LogP contribution in [0.1, 0.15) is 106 Å². The lowest BCUT2D eigenvalue weighted by Gasteiger charge is -2.26. The van der Waals surface area contributed by atoms with Gasteiger partial charge < -0.3 is 0 Å². The lowest BCUT2D eigenvalue weighted by atomic mass is 9.97. The van der Waals surface area contributed by atoms with E-state index in [1.54, 1.807) is 38.4 Å². The summed E-state index contributed by atoms with van der Waals surface area (Å²) >= 11 is 0. The van der Waals surface area contributed by atoms with Crippen molar-refractivity contribution in [3.8, 4) is 0 Å². The molecule has 123 heavy (non-hydrogen) atoms. The van der Waals surface area contributed by atoms with Crippen molar-refractivity contribution in [3.05, 3.63) is 288 Å². The van der Waals surface area contributed by atoms with E-state index in [1.807, 2.05) is 0 Å². The second-order valence-corrected chi connectivity index (χ2v) is 59.2. The summed E-state index contributed by atoms with van der Waals surface area (Å²) in [5.74, 6) is 0. The Kier molecular flexibility index (Phi) is 39.5. The molecular weight excluding hydrogens is 1770 g/mol. The van der Waals surface area contributed by atoms with Gasteiger partial charge in [-0.25, -0.2) is 0 Å². The molecule has 0 unspecified atom stereocenters. The SMILES string of the molecule is Cc1c(C(F)(F)F)cc(C(F)(F)F)cc1C(F)(F)F.Cc1c(C(F)(F)F)cccc1C(F)(F)F.Cc1c([Si](C)(C)C)cccc1[Si](C)(C)C.Cc1cc(C(F)(F)F)cc(C(F)(F)F)c1.Cc1ccc(C(F)(F)F)cc1.Cc1ccc(C(F)(F)F)cc1C(F)(F)F.Cc1ccc([Si](C)(C)C)cc1.Cc1cccc([Si](C)(C)C)c1.Cc1ccccc1[Si](C)(C)C. The van der Waals surface area contributed by atoms with E-state index in [2.05, 4.69) is 217 Å². The maximum atomic E-state index is 12.5. The second kappa shape index (κ2) is 43.0. The van der Waals surface area contributed by atoms with E-state index in [-0.39, 0.29) is 35.4 Å². The topological polar surface area (TPSA) is 0 Å². The molecule has 0 aliphatic rings. The molecule has 35 heteroatoms.